The predicted molar refractivity (Wildman–Crippen MR) is 107 cm³/mol. The van der Waals surface area contributed by atoms with Crippen molar-refractivity contribution >= 4 is 22.4 Å². The first-order valence-corrected chi connectivity index (χ1v) is 9.27. The highest BCUT2D eigenvalue weighted by molar-refractivity contribution is 6.08. The Morgan fingerprint density at radius 3 is 2.81 bits per heavy atom. The summed E-state index contributed by atoms with van der Waals surface area (Å²) in [4.78, 5) is 20.7. The molecule has 0 radical (unpaired) electrons. The number of ketones is 1. The van der Waals surface area contributed by atoms with Gasteiger partial charge in [0.05, 0.1) is 6.54 Å². The average Bonchev–Trinajstić information content (AvgIpc) is 3.06. The molecule has 1 aliphatic heterocycles. The van der Waals surface area contributed by atoms with E-state index < -0.39 is 0 Å². The summed E-state index contributed by atoms with van der Waals surface area (Å²) in [6, 6.07) is 17.0. The van der Waals surface area contributed by atoms with Crippen LogP contribution in [-0.4, -0.2) is 47.9 Å². The molecule has 1 atom stereocenters. The van der Waals surface area contributed by atoms with Gasteiger partial charge in [-0.25, -0.2) is 0 Å². The molecule has 0 saturated carbocycles. The highest BCUT2D eigenvalue weighted by Gasteiger charge is 2.26. The number of anilines is 1. The molecule has 0 spiro atoms. The minimum absolute atomic E-state index is 0.193. The predicted octanol–water partition coefficient (Wildman–Crippen LogP) is 3.87. The van der Waals surface area contributed by atoms with Crippen LogP contribution in [0.3, 0.4) is 0 Å². The Morgan fingerprint density at radius 1 is 1.15 bits per heavy atom. The summed E-state index contributed by atoms with van der Waals surface area (Å²) < 4.78 is 0. The lowest BCUT2D eigenvalue weighted by Crippen LogP contribution is -2.53. The number of hydrogen-bond acceptors (Lipinski definition) is 3. The number of aromatic nitrogens is 1. The maximum atomic E-state index is 12.8. The van der Waals surface area contributed by atoms with Gasteiger partial charge in [-0.05, 0) is 37.6 Å². The van der Waals surface area contributed by atoms with Gasteiger partial charge in [0.2, 0.25) is 0 Å². The number of piperazine rings is 1. The number of para-hydroxylation sites is 1. The third-order valence-electron chi connectivity index (χ3n) is 5.30. The van der Waals surface area contributed by atoms with E-state index in [2.05, 4.69) is 52.9 Å². The van der Waals surface area contributed by atoms with Crippen molar-refractivity contribution in [1.82, 2.24) is 9.88 Å². The highest BCUT2D eigenvalue weighted by atomic mass is 16.1. The standard InChI is InChI=1S/C22H25N3O/c1-16-6-5-7-18(12-16)25-11-10-24(14-17(25)2)15-22(26)20-13-23-21-9-4-3-8-19(20)21/h3-9,12-13,17,23H,10-11,14-15H2,1-2H3. The summed E-state index contributed by atoms with van der Waals surface area (Å²) in [5.74, 6) is 0.193. The van der Waals surface area contributed by atoms with Gasteiger partial charge in [0, 0.05) is 54.0 Å². The Kier molecular flexibility index (Phi) is 4.51. The Morgan fingerprint density at radius 2 is 2.00 bits per heavy atom. The van der Waals surface area contributed by atoms with Crippen LogP contribution in [-0.2, 0) is 0 Å². The number of nitrogens with zero attached hydrogens (tertiary/aromatic N) is 2. The maximum absolute atomic E-state index is 12.8. The molecule has 1 saturated heterocycles. The molecule has 1 fully saturated rings. The first-order chi connectivity index (χ1) is 12.6. The normalized spacial score (nSPS) is 18.4. The molecule has 4 rings (SSSR count). The summed E-state index contributed by atoms with van der Waals surface area (Å²) >= 11 is 0. The molecule has 2 aromatic carbocycles. The van der Waals surface area contributed by atoms with Crippen molar-refractivity contribution in [3.8, 4) is 0 Å². The molecule has 0 bridgehead atoms. The van der Waals surface area contributed by atoms with Crippen LogP contribution < -0.4 is 4.90 Å². The number of benzene rings is 2. The van der Waals surface area contributed by atoms with Crippen LogP contribution in [0.5, 0.6) is 0 Å². The molecule has 0 amide bonds. The van der Waals surface area contributed by atoms with Crippen molar-refractivity contribution in [3.05, 3.63) is 65.9 Å². The number of rotatable bonds is 4. The van der Waals surface area contributed by atoms with Gasteiger partial charge in [-0.15, -0.1) is 0 Å². The van der Waals surface area contributed by atoms with Gasteiger partial charge >= 0.3 is 0 Å². The first kappa shape index (κ1) is 16.9. The summed E-state index contributed by atoms with van der Waals surface area (Å²) in [7, 11) is 0. The van der Waals surface area contributed by atoms with Gasteiger partial charge in [0.15, 0.2) is 5.78 Å². The van der Waals surface area contributed by atoms with Gasteiger partial charge in [0.1, 0.15) is 0 Å². The van der Waals surface area contributed by atoms with E-state index >= 15 is 0 Å². The van der Waals surface area contributed by atoms with Crippen LogP contribution in [0.25, 0.3) is 10.9 Å². The number of carbonyl (C=O) groups excluding carboxylic acids is 1. The molecule has 26 heavy (non-hydrogen) atoms. The van der Waals surface area contributed by atoms with Gasteiger partial charge in [0.25, 0.3) is 0 Å². The van der Waals surface area contributed by atoms with Gasteiger partial charge in [-0.3, -0.25) is 9.69 Å². The molecular weight excluding hydrogens is 322 g/mol. The quantitative estimate of drug-likeness (QED) is 0.728. The molecule has 2 heterocycles. The lowest BCUT2D eigenvalue weighted by molar-refractivity contribution is 0.0919. The van der Waals surface area contributed by atoms with Gasteiger partial charge in [-0.1, -0.05) is 30.3 Å². The van der Waals surface area contributed by atoms with Crippen LogP contribution in [0.1, 0.15) is 22.8 Å². The molecular formula is C22H25N3O. The van der Waals surface area contributed by atoms with Gasteiger partial charge in [-0.2, -0.15) is 0 Å². The molecule has 4 nitrogen and oxygen atoms in total. The molecule has 1 N–H and O–H groups in total. The summed E-state index contributed by atoms with van der Waals surface area (Å²) in [5.41, 5.74) is 4.38. The van der Waals surface area contributed by atoms with E-state index in [4.69, 9.17) is 0 Å². The Hall–Kier alpha value is -2.59. The third kappa shape index (κ3) is 3.25. The van der Waals surface area contributed by atoms with Crippen molar-refractivity contribution in [2.75, 3.05) is 31.1 Å². The van der Waals surface area contributed by atoms with E-state index in [1.165, 1.54) is 11.3 Å². The van der Waals surface area contributed by atoms with E-state index in [0.29, 0.717) is 12.6 Å². The summed E-state index contributed by atoms with van der Waals surface area (Å²) in [6.45, 7) is 7.61. The number of H-pyrrole nitrogens is 1. The molecule has 1 aliphatic rings. The van der Waals surface area contributed by atoms with Crippen LogP contribution in [0.2, 0.25) is 0 Å². The topological polar surface area (TPSA) is 39.3 Å². The zero-order valence-electron chi connectivity index (χ0n) is 15.4. The summed E-state index contributed by atoms with van der Waals surface area (Å²) in [6.07, 6.45) is 1.85. The van der Waals surface area contributed by atoms with Crippen molar-refractivity contribution in [1.29, 1.82) is 0 Å². The first-order valence-electron chi connectivity index (χ1n) is 9.27. The zero-order chi connectivity index (χ0) is 18.1. The largest absolute Gasteiger partial charge is 0.366 e. The molecule has 4 heteroatoms. The molecule has 3 aromatic rings. The van der Waals surface area contributed by atoms with Crippen LogP contribution in [0, 0.1) is 6.92 Å². The second-order valence-electron chi connectivity index (χ2n) is 7.29. The average molecular weight is 347 g/mol. The third-order valence-corrected chi connectivity index (χ3v) is 5.30. The molecule has 1 aromatic heterocycles. The van der Waals surface area contributed by atoms with Gasteiger partial charge < -0.3 is 9.88 Å². The van der Waals surface area contributed by atoms with E-state index in [0.717, 1.165) is 36.1 Å². The molecule has 0 aliphatic carbocycles. The number of hydrogen-bond donors (Lipinski definition) is 1. The maximum Gasteiger partial charge on any atom is 0.178 e. The zero-order valence-corrected chi connectivity index (χ0v) is 15.4. The van der Waals surface area contributed by atoms with E-state index in [1.54, 1.807) is 0 Å². The number of carbonyl (C=O) groups is 1. The fraction of sp³-hybridized carbons (Fsp3) is 0.318. The Bertz CT molecular complexity index is 930. The number of fused-ring (bicyclic) bond motifs is 1. The molecule has 1 unspecified atom stereocenters. The van der Waals surface area contributed by atoms with Crippen molar-refractivity contribution in [2.24, 2.45) is 0 Å². The Balaban J connectivity index is 1.43. The Labute approximate surface area is 154 Å². The lowest BCUT2D eigenvalue weighted by atomic mass is 10.1. The van der Waals surface area contributed by atoms with Crippen molar-refractivity contribution in [2.45, 2.75) is 19.9 Å². The number of nitrogens with one attached hydrogen (secondary N) is 1. The number of Topliss-reactive ketones (excluding diaryl/α,β-unsaturated/α-hetero) is 1. The lowest BCUT2D eigenvalue weighted by Gasteiger charge is -2.41. The monoisotopic (exact) mass is 347 g/mol. The second kappa shape index (κ2) is 6.96. The molecule has 134 valence electrons. The highest BCUT2D eigenvalue weighted by Crippen LogP contribution is 2.23. The van der Waals surface area contributed by atoms with E-state index in [1.807, 2.05) is 30.5 Å². The van der Waals surface area contributed by atoms with E-state index in [9.17, 15) is 4.79 Å². The number of aromatic amines is 1. The van der Waals surface area contributed by atoms with Crippen molar-refractivity contribution < 1.29 is 4.79 Å². The van der Waals surface area contributed by atoms with Crippen molar-refractivity contribution in [3.63, 3.8) is 0 Å². The SMILES string of the molecule is Cc1cccc(N2CCN(CC(=O)c3c[nH]c4ccccc34)CC2C)c1. The fourth-order valence-corrected chi connectivity index (χ4v) is 3.96. The van der Waals surface area contributed by atoms with Crippen LogP contribution in [0.4, 0.5) is 5.69 Å². The second-order valence-corrected chi connectivity index (χ2v) is 7.29. The summed E-state index contributed by atoms with van der Waals surface area (Å²) in [5, 5.41) is 1.02. The van der Waals surface area contributed by atoms with Crippen LogP contribution in [0.15, 0.2) is 54.7 Å². The minimum atomic E-state index is 0.193. The van der Waals surface area contributed by atoms with E-state index in [-0.39, 0.29) is 5.78 Å². The fourth-order valence-electron chi connectivity index (χ4n) is 3.96. The minimum Gasteiger partial charge on any atom is -0.366 e. The number of aryl methyl sites for hydroxylation is 1. The van der Waals surface area contributed by atoms with Crippen LogP contribution >= 0.6 is 0 Å². The smallest absolute Gasteiger partial charge is 0.178 e.